The Kier molecular flexibility index (Phi) is 2.11. The van der Waals surface area contributed by atoms with Crippen molar-refractivity contribution in [3.8, 4) is 0 Å². The van der Waals surface area contributed by atoms with Crippen LogP contribution < -0.4 is 0 Å². The van der Waals surface area contributed by atoms with Gasteiger partial charge in [-0.1, -0.05) is 0 Å². The molecule has 10 heavy (non-hydrogen) atoms. The van der Waals surface area contributed by atoms with E-state index in [0.29, 0.717) is 0 Å². The van der Waals surface area contributed by atoms with Gasteiger partial charge in [0.25, 0.3) is 0 Å². The van der Waals surface area contributed by atoms with Crippen molar-refractivity contribution in [2.75, 3.05) is 6.26 Å². The first-order valence-electron chi connectivity index (χ1n) is 2.65. The monoisotopic (exact) mass is 159 g/mol. The summed E-state index contributed by atoms with van der Waals surface area (Å²) in [5.74, 6) is -0.403. The lowest BCUT2D eigenvalue weighted by Gasteiger charge is -1.92. The van der Waals surface area contributed by atoms with E-state index in [1.54, 1.807) is 0 Å². The number of nitrogens with zero attached hydrogens (tertiary/aromatic N) is 1. The molecular weight excluding hydrogens is 153 g/mol. The lowest BCUT2D eigenvalue weighted by Crippen LogP contribution is -1.91. The molecule has 0 saturated heterocycles. The van der Waals surface area contributed by atoms with Crippen LogP contribution in [0.15, 0.2) is 23.4 Å². The van der Waals surface area contributed by atoms with Gasteiger partial charge in [-0.3, -0.25) is 4.21 Å². The minimum Gasteiger partial charge on any atom is -0.253 e. The zero-order chi connectivity index (χ0) is 7.56. The van der Waals surface area contributed by atoms with Crippen molar-refractivity contribution in [3.05, 3.63) is 24.1 Å². The lowest BCUT2D eigenvalue weighted by atomic mass is 10.5. The smallest absolute Gasteiger partial charge is 0.129 e. The molecule has 0 fully saturated rings. The number of hydrogen-bond donors (Lipinski definition) is 0. The van der Waals surface area contributed by atoms with E-state index in [2.05, 4.69) is 4.98 Å². The minimum atomic E-state index is -1.19. The van der Waals surface area contributed by atoms with Crippen molar-refractivity contribution >= 4 is 10.8 Å². The Balaban J connectivity index is 3.07. The van der Waals surface area contributed by atoms with Crippen LogP contribution >= 0.6 is 0 Å². The van der Waals surface area contributed by atoms with E-state index in [9.17, 15) is 8.60 Å². The molecule has 0 aliphatic rings. The Morgan fingerprint density at radius 2 is 2.40 bits per heavy atom. The second-order valence-electron chi connectivity index (χ2n) is 1.77. The van der Waals surface area contributed by atoms with Gasteiger partial charge in [0, 0.05) is 18.5 Å². The zero-order valence-corrected chi connectivity index (χ0v) is 6.19. The standard InChI is InChI=1S/C6H6FNOS/c1-10(9)6-4-5(7)2-3-8-6/h2-4H,1H3. The van der Waals surface area contributed by atoms with E-state index in [1.807, 2.05) is 0 Å². The van der Waals surface area contributed by atoms with Crippen molar-refractivity contribution in [1.29, 1.82) is 0 Å². The minimum absolute atomic E-state index is 0.278. The molecule has 0 aliphatic carbocycles. The molecule has 0 spiro atoms. The number of halogens is 1. The van der Waals surface area contributed by atoms with Crippen LogP contribution in [0.25, 0.3) is 0 Å². The maximum absolute atomic E-state index is 12.4. The summed E-state index contributed by atoms with van der Waals surface area (Å²) in [6.45, 7) is 0. The Morgan fingerprint density at radius 1 is 1.70 bits per heavy atom. The molecule has 1 heterocycles. The van der Waals surface area contributed by atoms with Gasteiger partial charge >= 0.3 is 0 Å². The van der Waals surface area contributed by atoms with Gasteiger partial charge in [0.05, 0.1) is 10.8 Å². The van der Waals surface area contributed by atoms with Crippen LogP contribution in [0.3, 0.4) is 0 Å². The topological polar surface area (TPSA) is 30.0 Å². The van der Waals surface area contributed by atoms with Crippen molar-refractivity contribution in [2.24, 2.45) is 0 Å². The van der Waals surface area contributed by atoms with E-state index in [4.69, 9.17) is 0 Å². The Hall–Kier alpha value is -0.770. The largest absolute Gasteiger partial charge is 0.253 e. The van der Waals surface area contributed by atoms with Crippen LogP contribution in [-0.2, 0) is 10.8 Å². The molecule has 1 aromatic rings. The van der Waals surface area contributed by atoms with Crippen molar-refractivity contribution in [3.63, 3.8) is 0 Å². The van der Waals surface area contributed by atoms with Crippen LogP contribution in [-0.4, -0.2) is 15.4 Å². The number of hydrogen-bond acceptors (Lipinski definition) is 2. The Morgan fingerprint density at radius 3 is 2.80 bits per heavy atom. The Labute approximate surface area is 60.6 Å². The van der Waals surface area contributed by atoms with E-state index in [0.717, 1.165) is 6.07 Å². The molecule has 0 radical (unpaired) electrons. The number of rotatable bonds is 1. The first kappa shape index (κ1) is 7.34. The molecule has 2 nitrogen and oxygen atoms in total. The average Bonchev–Trinajstić information content (AvgIpc) is 1.88. The van der Waals surface area contributed by atoms with Gasteiger partial charge in [-0.15, -0.1) is 0 Å². The first-order valence-corrected chi connectivity index (χ1v) is 4.21. The summed E-state index contributed by atoms with van der Waals surface area (Å²) in [4.78, 5) is 3.70. The highest BCUT2D eigenvalue weighted by molar-refractivity contribution is 7.84. The summed E-state index contributed by atoms with van der Waals surface area (Å²) in [5, 5.41) is 0.278. The van der Waals surface area contributed by atoms with Crippen molar-refractivity contribution in [1.82, 2.24) is 4.98 Å². The highest BCUT2D eigenvalue weighted by Crippen LogP contribution is 2.01. The fourth-order valence-electron chi connectivity index (χ4n) is 0.542. The molecule has 0 saturated carbocycles. The predicted molar refractivity (Wildman–Crippen MR) is 36.5 cm³/mol. The SMILES string of the molecule is CS(=O)c1cc(F)ccn1. The van der Waals surface area contributed by atoms with Crippen molar-refractivity contribution in [2.45, 2.75) is 5.03 Å². The third kappa shape index (κ3) is 1.60. The molecule has 54 valence electrons. The quantitative estimate of drug-likeness (QED) is 0.610. The van der Waals surface area contributed by atoms with Crippen LogP contribution in [0, 0.1) is 5.82 Å². The first-order chi connectivity index (χ1) is 4.70. The molecule has 1 unspecified atom stereocenters. The fourth-order valence-corrected chi connectivity index (χ4v) is 1.03. The van der Waals surface area contributed by atoms with Crippen LogP contribution in [0.2, 0.25) is 0 Å². The molecule has 1 atom stereocenters. The highest BCUT2D eigenvalue weighted by Gasteiger charge is 1.98. The lowest BCUT2D eigenvalue weighted by molar-refractivity contribution is 0.617. The average molecular weight is 159 g/mol. The number of pyridine rings is 1. The maximum atomic E-state index is 12.4. The maximum Gasteiger partial charge on any atom is 0.129 e. The third-order valence-electron chi connectivity index (χ3n) is 0.991. The predicted octanol–water partition coefficient (Wildman–Crippen LogP) is 0.958. The zero-order valence-electron chi connectivity index (χ0n) is 5.37. The van der Waals surface area contributed by atoms with Crippen LogP contribution in [0.1, 0.15) is 0 Å². The molecular formula is C6H6FNOS. The van der Waals surface area contributed by atoms with E-state index >= 15 is 0 Å². The van der Waals surface area contributed by atoms with Gasteiger partial charge in [0.15, 0.2) is 0 Å². The summed E-state index contributed by atoms with van der Waals surface area (Å²) in [6.07, 6.45) is 2.76. The van der Waals surface area contributed by atoms with E-state index < -0.39 is 16.6 Å². The fraction of sp³-hybridized carbons (Fsp3) is 0.167. The molecule has 0 aromatic carbocycles. The molecule has 0 aliphatic heterocycles. The summed E-state index contributed by atoms with van der Waals surface area (Å²) in [5.41, 5.74) is 0. The molecule has 0 bridgehead atoms. The second kappa shape index (κ2) is 2.88. The van der Waals surface area contributed by atoms with E-state index in [1.165, 1.54) is 18.5 Å². The number of aromatic nitrogens is 1. The van der Waals surface area contributed by atoms with Gasteiger partial charge < -0.3 is 0 Å². The van der Waals surface area contributed by atoms with E-state index in [-0.39, 0.29) is 5.03 Å². The Bertz CT molecular complexity index is 264. The van der Waals surface area contributed by atoms with Gasteiger partial charge in [0.2, 0.25) is 0 Å². The molecule has 0 N–H and O–H groups in total. The molecule has 1 rings (SSSR count). The van der Waals surface area contributed by atoms with Gasteiger partial charge in [0.1, 0.15) is 10.8 Å². The molecule has 0 amide bonds. The second-order valence-corrected chi connectivity index (χ2v) is 3.09. The van der Waals surface area contributed by atoms with Gasteiger partial charge in [-0.25, -0.2) is 9.37 Å². The molecule has 4 heteroatoms. The van der Waals surface area contributed by atoms with Crippen molar-refractivity contribution < 1.29 is 8.60 Å². The highest BCUT2D eigenvalue weighted by atomic mass is 32.2. The molecule has 1 aromatic heterocycles. The summed E-state index contributed by atoms with van der Waals surface area (Å²) in [6, 6.07) is 2.38. The van der Waals surface area contributed by atoms with Gasteiger partial charge in [-0.05, 0) is 6.07 Å². The van der Waals surface area contributed by atoms with Crippen LogP contribution in [0.5, 0.6) is 0 Å². The third-order valence-corrected chi connectivity index (χ3v) is 1.80. The normalized spacial score (nSPS) is 13.0. The van der Waals surface area contributed by atoms with Gasteiger partial charge in [-0.2, -0.15) is 0 Å². The van der Waals surface area contributed by atoms with Crippen LogP contribution in [0.4, 0.5) is 4.39 Å². The summed E-state index contributed by atoms with van der Waals surface area (Å²) >= 11 is 0. The summed E-state index contributed by atoms with van der Waals surface area (Å²) in [7, 11) is -1.19. The summed E-state index contributed by atoms with van der Waals surface area (Å²) < 4.78 is 23.0.